The van der Waals surface area contributed by atoms with Gasteiger partial charge in [-0.2, -0.15) is 0 Å². The van der Waals surface area contributed by atoms with Gasteiger partial charge in [-0.1, -0.05) is 30.9 Å². The molecule has 1 aromatic rings. The van der Waals surface area contributed by atoms with Crippen molar-refractivity contribution in [2.24, 2.45) is 5.73 Å². The fourth-order valence-electron chi connectivity index (χ4n) is 2.42. The Kier molecular flexibility index (Phi) is 5.83. The van der Waals surface area contributed by atoms with Gasteiger partial charge < -0.3 is 15.8 Å². The second kappa shape index (κ2) is 7.62. The minimum Gasteiger partial charge on any atom is -0.367 e. The summed E-state index contributed by atoms with van der Waals surface area (Å²) >= 11 is 5.79. The minimum atomic E-state index is -0.163. The van der Waals surface area contributed by atoms with Crippen LogP contribution in [0.3, 0.4) is 0 Å². The highest BCUT2D eigenvalue weighted by Gasteiger charge is 2.21. The number of ether oxygens (including phenoxy) is 1. The lowest BCUT2D eigenvalue weighted by Crippen LogP contribution is -2.37. The topological polar surface area (TPSA) is 64.3 Å². The maximum absolute atomic E-state index is 11.8. The van der Waals surface area contributed by atoms with E-state index >= 15 is 0 Å². The van der Waals surface area contributed by atoms with Gasteiger partial charge in [-0.05, 0) is 37.1 Å². The average Bonchev–Trinajstić information content (AvgIpc) is 2.64. The number of carbonyl (C=O) groups excluding carboxylic acids is 1. The fraction of sp³-hybridized carbons (Fsp3) is 0.533. The van der Waals surface area contributed by atoms with E-state index in [2.05, 4.69) is 5.32 Å². The van der Waals surface area contributed by atoms with Crippen LogP contribution in [0.2, 0.25) is 5.02 Å². The number of rotatable bonds is 4. The van der Waals surface area contributed by atoms with Crippen molar-refractivity contribution in [3.05, 3.63) is 29.3 Å². The van der Waals surface area contributed by atoms with Crippen LogP contribution in [-0.4, -0.2) is 24.7 Å². The van der Waals surface area contributed by atoms with E-state index in [1.807, 2.05) is 0 Å². The van der Waals surface area contributed by atoms with Gasteiger partial charge in [0.15, 0.2) is 0 Å². The zero-order chi connectivity index (χ0) is 14.4. The van der Waals surface area contributed by atoms with Gasteiger partial charge in [0.2, 0.25) is 5.91 Å². The lowest BCUT2D eigenvalue weighted by molar-refractivity contribution is -0.123. The van der Waals surface area contributed by atoms with E-state index < -0.39 is 0 Å². The molecule has 0 bridgehead atoms. The highest BCUT2D eigenvalue weighted by atomic mass is 35.5. The summed E-state index contributed by atoms with van der Waals surface area (Å²) in [5.74, 6) is -0.163. The summed E-state index contributed by atoms with van der Waals surface area (Å²) in [5.41, 5.74) is 6.78. The Labute approximate surface area is 124 Å². The average molecular weight is 297 g/mol. The molecule has 0 saturated heterocycles. The third-order valence-corrected chi connectivity index (χ3v) is 3.81. The summed E-state index contributed by atoms with van der Waals surface area (Å²) in [6.45, 7) is 0.0427. The quantitative estimate of drug-likeness (QED) is 0.840. The second-order valence-corrected chi connectivity index (χ2v) is 5.64. The van der Waals surface area contributed by atoms with E-state index in [0.29, 0.717) is 10.7 Å². The Morgan fingerprint density at radius 1 is 1.25 bits per heavy atom. The maximum atomic E-state index is 11.8. The normalized spacial score (nSPS) is 23.1. The summed E-state index contributed by atoms with van der Waals surface area (Å²) in [6, 6.07) is 7.04. The summed E-state index contributed by atoms with van der Waals surface area (Å²) in [7, 11) is 0. The summed E-state index contributed by atoms with van der Waals surface area (Å²) in [5, 5.41) is 3.42. The van der Waals surface area contributed by atoms with E-state index in [1.165, 1.54) is 6.42 Å². The first-order chi connectivity index (χ1) is 9.65. The molecule has 2 rings (SSSR count). The summed E-state index contributed by atoms with van der Waals surface area (Å²) in [4.78, 5) is 11.8. The number of hydrogen-bond donors (Lipinski definition) is 2. The first kappa shape index (κ1) is 15.3. The molecular formula is C15H21ClN2O2. The molecule has 1 fully saturated rings. The van der Waals surface area contributed by atoms with Crippen LogP contribution in [0.15, 0.2) is 24.3 Å². The van der Waals surface area contributed by atoms with E-state index in [9.17, 15) is 4.79 Å². The maximum Gasteiger partial charge on any atom is 0.250 e. The highest BCUT2D eigenvalue weighted by molar-refractivity contribution is 6.30. The van der Waals surface area contributed by atoms with Crippen molar-refractivity contribution in [3.8, 4) is 0 Å². The SMILES string of the molecule is NC1CCCCCC1OCC(=O)Nc1ccc(Cl)cc1. The zero-order valence-corrected chi connectivity index (χ0v) is 12.2. The van der Waals surface area contributed by atoms with Crippen LogP contribution in [0.25, 0.3) is 0 Å². The number of nitrogens with two attached hydrogens (primary N) is 1. The highest BCUT2D eigenvalue weighted by Crippen LogP contribution is 2.19. The van der Waals surface area contributed by atoms with Crippen molar-refractivity contribution in [2.45, 2.75) is 44.2 Å². The fourth-order valence-corrected chi connectivity index (χ4v) is 2.55. The van der Waals surface area contributed by atoms with Gasteiger partial charge in [0.05, 0.1) is 6.10 Å². The predicted octanol–water partition coefficient (Wildman–Crippen LogP) is 2.96. The van der Waals surface area contributed by atoms with Gasteiger partial charge >= 0.3 is 0 Å². The molecule has 0 aliphatic heterocycles. The number of anilines is 1. The summed E-state index contributed by atoms with van der Waals surface area (Å²) in [6.07, 6.45) is 5.38. The molecular weight excluding hydrogens is 276 g/mol. The zero-order valence-electron chi connectivity index (χ0n) is 11.5. The lowest BCUT2D eigenvalue weighted by Gasteiger charge is -2.21. The van der Waals surface area contributed by atoms with Crippen LogP contribution in [0.1, 0.15) is 32.1 Å². The van der Waals surface area contributed by atoms with E-state index in [-0.39, 0.29) is 24.7 Å². The van der Waals surface area contributed by atoms with Crippen LogP contribution in [0.5, 0.6) is 0 Å². The number of halogens is 1. The molecule has 0 spiro atoms. The van der Waals surface area contributed by atoms with Crippen molar-refractivity contribution in [3.63, 3.8) is 0 Å². The molecule has 4 nitrogen and oxygen atoms in total. The Hall–Kier alpha value is -1.10. The number of nitrogens with one attached hydrogen (secondary N) is 1. The second-order valence-electron chi connectivity index (χ2n) is 5.21. The third-order valence-electron chi connectivity index (χ3n) is 3.56. The smallest absolute Gasteiger partial charge is 0.250 e. The molecule has 3 N–H and O–H groups in total. The van der Waals surface area contributed by atoms with Crippen LogP contribution in [0, 0.1) is 0 Å². The van der Waals surface area contributed by atoms with Gasteiger partial charge in [0, 0.05) is 16.8 Å². The van der Waals surface area contributed by atoms with E-state index in [0.717, 1.165) is 25.7 Å². The van der Waals surface area contributed by atoms with E-state index in [1.54, 1.807) is 24.3 Å². The minimum absolute atomic E-state index is 0.00605. The lowest BCUT2D eigenvalue weighted by atomic mass is 10.1. The Bertz CT molecular complexity index is 436. The van der Waals surface area contributed by atoms with Crippen molar-refractivity contribution in [2.75, 3.05) is 11.9 Å². The standard InChI is InChI=1S/C15H21ClN2O2/c16-11-6-8-12(9-7-11)18-15(19)10-20-14-5-3-1-2-4-13(14)17/h6-9,13-14H,1-5,10,17H2,(H,18,19). The van der Waals surface area contributed by atoms with Gasteiger partial charge in [-0.15, -0.1) is 0 Å². The predicted molar refractivity (Wildman–Crippen MR) is 80.9 cm³/mol. The van der Waals surface area contributed by atoms with Crippen LogP contribution < -0.4 is 11.1 Å². The number of benzene rings is 1. The van der Waals surface area contributed by atoms with Crippen LogP contribution in [-0.2, 0) is 9.53 Å². The van der Waals surface area contributed by atoms with Crippen LogP contribution >= 0.6 is 11.6 Å². The molecule has 1 saturated carbocycles. The van der Waals surface area contributed by atoms with E-state index in [4.69, 9.17) is 22.1 Å². The molecule has 1 aliphatic rings. The Morgan fingerprint density at radius 3 is 2.70 bits per heavy atom. The molecule has 1 aliphatic carbocycles. The van der Waals surface area contributed by atoms with Gasteiger partial charge in [-0.3, -0.25) is 4.79 Å². The molecule has 0 aromatic heterocycles. The molecule has 1 aromatic carbocycles. The molecule has 2 atom stereocenters. The summed E-state index contributed by atoms with van der Waals surface area (Å²) < 4.78 is 5.67. The van der Waals surface area contributed by atoms with Gasteiger partial charge in [-0.25, -0.2) is 0 Å². The number of amides is 1. The van der Waals surface area contributed by atoms with Gasteiger partial charge in [0.25, 0.3) is 0 Å². The molecule has 110 valence electrons. The first-order valence-electron chi connectivity index (χ1n) is 7.08. The number of carbonyl (C=O) groups is 1. The van der Waals surface area contributed by atoms with Crippen molar-refractivity contribution < 1.29 is 9.53 Å². The molecule has 20 heavy (non-hydrogen) atoms. The van der Waals surface area contributed by atoms with Crippen molar-refractivity contribution >= 4 is 23.2 Å². The van der Waals surface area contributed by atoms with Crippen LogP contribution in [0.4, 0.5) is 5.69 Å². The molecule has 0 radical (unpaired) electrons. The first-order valence-corrected chi connectivity index (χ1v) is 7.45. The monoisotopic (exact) mass is 296 g/mol. The molecule has 1 amide bonds. The third kappa shape index (κ3) is 4.78. The largest absolute Gasteiger partial charge is 0.367 e. The van der Waals surface area contributed by atoms with Crippen molar-refractivity contribution in [1.82, 2.24) is 0 Å². The van der Waals surface area contributed by atoms with Gasteiger partial charge in [0.1, 0.15) is 6.61 Å². The molecule has 0 heterocycles. The Balaban J connectivity index is 1.78. The van der Waals surface area contributed by atoms with Crippen molar-refractivity contribution in [1.29, 1.82) is 0 Å². The molecule has 5 heteroatoms. The number of hydrogen-bond acceptors (Lipinski definition) is 3. The molecule has 2 unspecified atom stereocenters. The Morgan fingerprint density at radius 2 is 1.95 bits per heavy atom.